The minimum absolute atomic E-state index is 0.0291. The molecule has 0 saturated carbocycles. The third-order valence-electron chi connectivity index (χ3n) is 5.40. The van der Waals surface area contributed by atoms with Gasteiger partial charge in [-0.15, -0.1) is 0 Å². The summed E-state index contributed by atoms with van der Waals surface area (Å²) in [5, 5.41) is 0. The van der Waals surface area contributed by atoms with Crippen LogP contribution in [0.2, 0.25) is 0 Å². The summed E-state index contributed by atoms with van der Waals surface area (Å²) in [6.07, 6.45) is 0. The molecule has 3 aromatic rings. The van der Waals surface area contributed by atoms with E-state index >= 15 is 0 Å². The van der Waals surface area contributed by atoms with Crippen molar-refractivity contribution in [3.05, 3.63) is 36.4 Å². The molecule has 0 radical (unpaired) electrons. The van der Waals surface area contributed by atoms with Gasteiger partial charge in [0.05, 0.1) is 53.8 Å². The van der Waals surface area contributed by atoms with E-state index in [1.807, 2.05) is 0 Å². The van der Waals surface area contributed by atoms with Crippen LogP contribution in [0.4, 0.5) is 0 Å². The van der Waals surface area contributed by atoms with Gasteiger partial charge in [0.15, 0.2) is 11.5 Å². The first kappa shape index (κ1) is 28.8. The highest BCUT2D eigenvalue weighted by atomic mass is 16.6. The van der Waals surface area contributed by atoms with Gasteiger partial charge in [-0.25, -0.2) is 0 Å². The SMILES string of the molecule is COc1cc(OC(C)=O)c(Oc2cc(OC)c(-c3c(OC)cc(OC)cc3OC)c(OC)c2)c(OC(C)=O)c1. The van der Waals surface area contributed by atoms with Crippen LogP contribution in [0.5, 0.6) is 57.5 Å². The van der Waals surface area contributed by atoms with Gasteiger partial charge in [-0.2, -0.15) is 0 Å². The summed E-state index contributed by atoms with van der Waals surface area (Å²) in [6, 6.07) is 9.43. The molecule has 0 aliphatic rings. The number of ether oxygens (including phenoxy) is 9. The lowest BCUT2D eigenvalue weighted by molar-refractivity contribution is -0.132. The molecule has 0 amide bonds. The monoisotopic (exact) mass is 542 g/mol. The Kier molecular flexibility index (Phi) is 9.32. The molecule has 39 heavy (non-hydrogen) atoms. The zero-order valence-electron chi connectivity index (χ0n) is 23.0. The summed E-state index contributed by atoms with van der Waals surface area (Å²) in [7, 11) is 8.95. The van der Waals surface area contributed by atoms with Crippen LogP contribution in [0.1, 0.15) is 13.8 Å². The minimum atomic E-state index is -0.619. The number of carbonyl (C=O) groups excluding carboxylic acids is 2. The predicted molar refractivity (Wildman–Crippen MR) is 140 cm³/mol. The lowest BCUT2D eigenvalue weighted by Crippen LogP contribution is -2.07. The quantitative estimate of drug-likeness (QED) is 0.239. The van der Waals surface area contributed by atoms with E-state index in [2.05, 4.69) is 0 Å². The molecule has 0 N–H and O–H groups in total. The summed E-state index contributed by atoms with van der Waals surface area (Å²) in [5.41, 5.74) is 1.06. The van der Waals surface area contributed by atoms with Crippen molar-refractivity contribution in [1.82, 2.24) is 0 Å². The molecular weight excluding hydrogens is 512 g/mol. The number of rotatable bonds is 11. The van der Waals surface area contributed by atoms with Gasteiger partial charge < -0.3 is 42.6 Å². The van der Waals surface area contributed by atoms with Crippen molar-refractivity contribution in [2.24, 2.45) is 0 Å². The Hall–Kier alpha value is -4.80. The molecule has 208 valence electrons. The van der Waals surface area contributed by atoms with E-state index in [9.17, 15) is 9.59 Å². The molecule has 0 unspecified atom stereocenters. The molecular formula is C28H30O11. The minimum Gasteiger partial charge on any atom is -0.496 e. The van der Waals surface area contributed by atoms with Crippen LogP contribution >= 0.6 is 0 Å². The normalized spacial score (nSPS) is 10.3. The first-order valence-corrected chi connectivity index (χ1v) is 11.5. The smallest absolute Gasteiger partial charge is 0.308 e. The van der Waals surface area contributed by atoms with Crippen molar-refractivity contribution in [2.45, 2.75) is 13.8 Å². The largest absolute Gasteiger partial charge is 0.496 e. The second kappa shape index (κ2) is 12.6. The summed E-state index contributed by atoms with van der Waals surface area (Å²) in [6.45, 7) is 2.45. The van der Waals surface area contributed by atoms with Crippen LogP contribution in [0.25, 0.3) is 11.1 Å². The van der Waals surface area contributed by atoms with Crippen LogP contribution in [0.15, 0.2) is 36.4 Å². The third kappa shape index (κ3) is 6.38. The highest BCUT2D eigenvalue weighted by Crippen LogP contribution is 2.52. The van der Waals surface area contributed by atoms with Crippen molar-refractivity contribution < 1.29 is 52.2 Å². The van der Waals surface area contributed by atoms with Gasteiger partial charge in [0.2, 0.25) is 5.75 Å². The van der Waals surface area contributed by atoms with Gasteiger partial charge in [-0.05, 0) is 0 Å². The molecule has 0 aliphatic carbocycles. The van der Waals surface area contributed by atoms with E-state index in [4.69, 9.17) is 42.6 Å². The standard InChI is InChI=1S/C28H30O11/c1-15(29)37-24-11-18(32-4)12-25(38-16(2)30)28(24)39-19-13-22(35-7)27(23(14-19)36-8)26-20(33-5)9-17(31-3)10-21(26)34-6/h9-14H,1-8H3. The second-order valence-corrected chi connectivity index (χ2v) is 7.85. The maximum Gasteiger partial charge on any atom is 0.308 e. The lowest BCUT2D eigenvalue weighted by atomic mass is 10.00. The first-order valence-electron chi connectivity index (χ1n) is 11.5. The van der Waals surface area contributed by atoms with Crippen LogP contribution in [-0.2, 0) is 9.59 Å². The fourth-order valence-corrected chi connectivity index (χ4v) is 3.80. The average molecular weight is 543 g/mol. The molecule has 0 aliphatic heterocycles. The van der Waals surface area contributed by atoms with E-state index in [0.29, 0.717) is 39.9 Å². The zero-order chi connectivity index (χ0) is 28.7. The van der Waals surface area contributed by atoms with Crippen molar-refractivity contribution in [3.8, 4) is 68.6 Å². The van der Waals surface area contributed by atoms with E-state index in [-0.39, 0.29) is 28.7 Å². The molecule has 11 nitrogen and oxygen atoms in total. The Morgan fingerprint density at radius 2 is 0.769 bits per heavy atom. The fourth-order valence-electron chi connectivity index (χ4n) is 3.80. The van der Waals surface area contributed by atoms with Gasteiger partial charge >= 0.3 is 11.9 Å². The summed E-state index contributed by atoms with van der Waals surface area (Å²) in [4.78, 5) is 23.6. The van der Waals surface area contributed by atoms with E-state index < -0.39 is 11.9 Å². The molecule has 3 rings (SSSR count). The van der Waals surface area contributed by atoms with Gasteiger partial charge in [0, 0.05) is 50.2 Å². The molecule has 0 fully saturated rings. The van der Waals surface area contributed by atoms with Crippen LogP contribution in [0, 0.1) is 0 Å². The van der Waals surface area contributed by atoms with Crippen LogP contribution in [-0.4, -0.2) is 54.6 Å². The molecule has 0 atom stereocenters. The second-order valence-electron chi connectivity index (χ2n) is 7.85. The summed E-state index contributed by atoms with van der Waals surface area (Å²) >= 11 is 0. The topological polar surface area (TPSA) is 117 Å². The maximum absolute atomic E-state index is 11.8. The van der Waals surface area contributed by atoms with Crippen molar-refractivity contribution in [3.63, 3.8) is 0 Å². The van der Waals surface area contributed by atoms with E-state index in [0.717, 1.165) is 0 Å². The van der Waals surface area contributed by atoms with Crippen molar-refractivity contribution >= 4 is 11.9 Å². The van der Waals surface area contributed by atoms with Crippen molar-refractivity contribution in [1.29, 1.82) is 0 Å². The third-order valence-corrected chi connectivity index (χ3v) is 5.40. The van der Waals surface area contributed by atoms with Gasteiger partial charge in [-0.1, -0.05) is 0 Å². The summed E-state index contributed by atoms with van der Waals surface area (Å²) < 4.78 is 50.1. The average Bonchev–Trinajstić information content (AvgIpc) is 2.92. The van der Waals surface area contributed by atoms with E-state index in [1.165, 1.54) is 68.6 Å². The molecule has 0 heterocycles. The maximum atomic E-state index is 11.8. The Labute approximate surface area is 226 Å². The number of hydrogen-bond acceptors (Lipinski definition) is 11. The lowest BCUT2D eigenvalue weighted by Gasteiger charge is -2.21. The van der Waals surface area contributed by atoms with Crippen molar-refractivity contribution in [2.75, 3.05) is 42.7 Å². The Bertz CT molecular complexity index is 1280. The highest BCUT2D eigenvalue weighted by molar-refractivity contribution is 5.87. The highest BCUT2D eigenvalue weighted by Gasteiger charge is 2.26. The molecule has 11 heteroatoms. The molecule has 0 spiro atoms. The van der Waals surface area contributed by atoms with Gasteiger partial charge in [0.1, 0.15) is 40.2 Å². The predicted octanol–water partition coefficient (Wildman–Crippen LogP) is 5.05. The number of benzene rings is 3. The fraction of sp³-hybridized carbons (Fsp3) is 0.286. The van der Waals surface area contributed by atoms with Gasteiger partial charge in [-0.3, -0.25) is 9.59 Å². The van der Waals surface area contributed by atoms with Crippen LogP contribution < -0.4 is 42.6 Å². The number of carbonyl (C=O) groups is 2. The zero-order valence-corrected chi connectivity index (χ0v) is 23.0. The first-order chi connectivity index (χ1) is 18.7. The molecule has 0 aromatic heterocycles. The number of methoxy groups -OCH3 is 6. The van der Waals surface area contributed by atoms with Crippen LogP contribution in [0.3, 0.4) is 0 Å². The summed E-state index contributed by atoms with van der Waals surface area (Å²) in [5.74, 6) is 1.24. The van der Waals surface area contributed by atoms with E-state index in [1.54, 1.807) is 24.3 Å². The Balaban J connectivity index is 2.25. The molecule has 3 aromatic carbocycles. The number of hydrogen-bond donors (Lipinski definition) is 0. The van der Waals surface area contributed by atoms with Gasteiger partial charge in [0.25, 0.3) is 0 Å². The Morgan fingerprint density at radius 3 is 1.05 bits per heavy atom. The Morgan fingerprint density at radius 1 is 0.462 bits per heavy atom. The molecule has 0 bridgehead atoms. The number of esters is 2. The molecule has 0 saturated heterocycles.